The third kappa shape index (κ3) is 4.79. The van der Waals surface area contributed by atoms with Gasteiger partial charge in [0, 0.05) is 6.54 Å². The number of halogens is 2. The third-order valence-corrected chi connectivity index (χ3v) is 5.42. The number of Topliss-reactive ketones (excluding diaryl/α,β-unsaturated/α-hetero) is 1. The summed E-state index contributed by atoms with van der Waals surface area (Å²) in [5.74, 6) is -3.41. The summed E-state index contributed by atoms with van der Waals surface area (Å²) >= 11 is 7.15. The summed E-state index contributed by atoms with van der Waals surface area (Å²) in [4.78, 5) is 49.4. The van der Waals surface area contributed by atoms with Gasteiger partial charge in [0.05, 0.1) is 11.4 Å². The fourth-order valence-corrected chi connectivity index (χ4v) is 3.90. The average Bonchev–Trinajstić information content (AvgIpc) is 3.05. The number of carboxylic acid groups (broad SMARTS) is 1. The number of carboxylic acids is 1. The predicted molar refractivity (Wildman–Crippen MR) is 93.2 cm³/mol. The number of amides is 2. The fraction of sp³-hybridized carbons (Fsp3) is 0.500. The highest BCUT2D eigenvalue weighted by atomic mass is 35.5. The Morgan fingerprint density at radius 1 is 1.38 bits per heavy atom. The molecule has 2 amide bonds. The van der Waals surface area contributed by atoms with Crippen molar-refractivity contribution in [1.82, 2.24) is 10.2 Å². The largest absolute Gasteiger partial charge is 0.481 e. The highest BCUT2D eigenvalue weighted by Gasteiger charge is 2.35. The molecule has 142 valence electrons. The molecule has 1 aromatic heterocycles. The smallest absolute Gasteiger partial charge is 0.305 e. The molecule has 26 heavy (non-hydrogen) atoms. The van der Waals surface area contributed by atoms with E-state index >= 15 is 0 Å². The molecule has 1 saturated heterocycles. The summed E-state index contributed by atoms with van der Waals surface area (Å²) < 4.78 is 12.6. The van der Waals surface area contributed by atoms with Crippen molar-refractivity contribution in [3.8, 4) is 0 Å². The second kappa shape index (κ2) is 9.09. The van der Waals surface area contributed by atoms with Gasteiger partial charge >= 0.3 is 5.97 Å². The van der Waals surface area contributed by atoms with Crippen LogP contribution in [0.1, 0.15) is 35.4 Å². The van der Waals surface area contributed by atoms with Crippen molar-refractivity contribution in [1.29, 1.82) is 0 Å². The van der Waals surface area contributed by atoms with Gasteiger partial charge in [0.15, 0.2) is 5.78 Å². The van der Waals surface area contributed by atoms with Gasteiger partial charge < -0.3 is 15.3 Å². The molecule has 1 fully saturated rings. The van der Waals surface area contributed by atoms with Crippen molar-refractivity contribution in [2.75, 3.05) is 13.2 Å². The van der Waals surface area contributed by atoms with E-state index in [-0.39, 0.29) is 0 Å². The highest BCUT2D eigenvalue weighted by Crippen LogP contribution is 2.27. The Morgan fingerprint density at radius 3 is 2.69 bits per heavy atom. The van der Waals surface area contributed by atoms with Crippen molar-refractivity contribution in [2.45, 2.75) is 37.8 Å². The molecule has 1 aliphatic heterocycles. The summed E-state index contributed by atoms with van der Waals surface area (Å²) in [5.41, 5.74) is 0. The van der Waals surface area contributed by atoms with E-state index in [4.69, 9.17) is 16.7 Å². The van der Waals surface area contributed by atoms with E-state index in [0.717, 1.165) is 11.3 Å². The van der Waals surface area contributed by atoms with Gasteiger partial charge in [-0.25, -0.2) is 4.39 Å². The molecule has 2 heterocycles. The van der Waals surface area contributed by atoms with E-state index < -0.39 is 48.7 Å². The highest BCUT2D eigenvalue weighted by molar-refractivity contribution is 7.12. The lowest BCUT2D eigenvalue weighted by Gasteiger charge is -2.35. The summed E-state index contributed by atoms with van der Waals surface area (Å²) in [6, 6.07) is -0.742. The number of carbonyl (C=O) groups is 4. The van der Waals surface area contributed by atoms with Crippen LogP contribution in [0.15, 0.2) is 11.4 Å². The van der Waals surface area contributed by atoms with E-state index in [9.17, 15) is 23.6 Å². The zero-order valence-electron chi connectivity index (χ0n) is 13.7. The molecule has 0 bridgehead atoms. The number of nitrogens with one attached hydrogen (secondary N) is 1. The Hall–Kier alpha value is -2.00. The number of piperidine rings is 1. The van der Waals surface area contributed by atoms with Gasteiger partial charge in [-0.1, -0.05) is 11.6 Å². The van der Waals surface area contributed by atoms with E-state index in [2.05, 4.69) is 5.32 Å². The second-order valence-electron chi connectivity index (χ2n) is 5.87. The number of rotatable bonds is 7. The predicted octanol–water partition coefficient (Wildman–Crippen LogP) is 1.89. The molecule has 1 aliphatic rings. The van der Waals surface area contributed by atoms with Gasteiger partial charge in [-0.15, -0.1) is 11.3 Å². The Balaban J connectivity index is 2.16. The van der Waals surface area contributed by atoms with Crippen molar-refractivity contribution in [3.63, 3.8) is 0 Å². The number of ketones is 1. The van der Waals surface area contributed by atoms with Crippen LogP contribution in [0.2, 0.25) is 5.02 Å². The Labute approximate surface area is 158 Å². The fourth-order valence-electron chi connectivity index (χ4n) is 2.81. The van der Waals surface area contributed by atoms with Crippen LogP contribution in [0.4, 0.5) is 4.39 Å². The molecule has 1 aromatic rings. The Morgan fingerprint density at radius 2 is 2.12 bits per heavy atom. The van der Waals surface area contributed by atoms with E-state index in [1.54, 1.807) is 11.4 Å². The van der Waals surface area contributed by atoms with Crippen LogP contribution in [0.3, 0.4) is 0 Å². The lowest BCUT2D eigenvalue weighted by molar-refractivity contribution is -0.140. The molecular weight excluding hydrogens is 387 g/mol. The summed E-state index contributed by atoms with van der Waals surface area (Å²) in [6.07, 6.45) is 1.05. The zero-order chi connectivity index (χ0) is 19.3. The van der Waals surface area contributed by atoms with Crippen LogP contribution in [-0.2, 0) is 14.4 Å². The molecule has 1 unspecified atom stereocenters. The molecule has 0 saturated carbocycles. The molecule has 0 aromatic carbocycles. The maximum absolute atomic E-state index is 12.7. The molecule has 0 aliphatic carbocycles. The Kier molecular flexibility index (Phi) is 7.10. The van der Waals surface area contributed by atoms with Crippen molar-refractivity contribution in [2.24, 2.45) is 0 Å². The van der Waals surface area contributed by atoms with Crippen LogP contribution in [-0.4, -0.2) is 58.9 Å². The van der Waals surface area contributed by atoms with Gasteiger partial charge in [-0.3, -0.25) is 19.2 Å². The minimum absolute atomic E-state index is 0.293. The SMILES string of the molecule is O=C(O)CC(NC(=O)[C@@H]1CCCCN1C(=O)c1sccc1Cl)C(=O)CF. The minimum atomic E-state index is -1.46. The molecule has 2 atom stereocenters. The lowest BCUT2D eigenvalue weighted by Crippen LogP contribution is -2.55. The van der Waals surface area contributed by atoms with E-state index in [0.29, 0.717) is 35.7 Å². The second-order valence-corrected chi connectivity index (χ2v) is 7.19. The number of alkyl halides is 1. The first kappa shape index (κ1) is 20.3. The average molecular weight is 405 g/mol. The molecule has 7 nitrogen and oxygen atoms in total. The van der Waals surface area contributed by atoms with E-state index in [1.165, 1.54) is 4.90 Å². The minimum Gasteiger partial charge on any atom is -0.481 e. The zero-order valence-corrected chi connectivity index (χ0v) is 15.3. The van der Waals surface area contributed by atoms with Gasteiger partial charge in [-0.2, -0.15) is 0 Å². The number of carbonyl (C=O) groups excluding carboxylic acids is 3. The molecule has 2 rings (SSSR count). The summed E-state index contributed by atoms with van der Waals surface area (Å²) in [7, 11) is 0. The topological polar surface area (TPSA) is 104 Å². The lowest BCUT2D eigenvalue weighted by atomic mass is 10.00. The van der Waals surface area contributed by atoms with Crippen LogP contribution >= 0.6 is 22.9 Å². The first-order valence-corrected chi connectivity index (χ1v) is 9.25. The number of aliphatic carboxylic acids is 1. The maximum Gasteiger partial charge on any atom is 0.305 e. The van der Waals surface area contributed by atoms with Crippen molar-refractivity contribution >= 4 is 46.5 Å². The number of thiophene rings is 1. The van der Waals surface area contributed by atoms with Gasteiger partial charge in [0.2, 0.25) is 5.91 Å². The first-order chi connectivity index (χ1) is 12.3. The number of hydrogen-bond acceptors (Lipinski definition) is 5. The monoisotopic (exact) mass is 404 g/mol. The quantitative estimate of drug-likeness (QED) is 0.722. The molecule has 0 radical (unpaired) electrons. The van der Waals surface area contributed by atoms with Crippen LogP contribution in [0.25, 0.3) is 0 Å². The van der Waals surface area contributed by atoms with Gasteiger partial charge in [0.1, 0.15) is 23.6 Å². The summed E-state index contributed by atoms with van der Waals surface area (Å²) in [6.45, 7) is -1.04. The van der Waals surface area contributed by atoms with E-state index in [1.807, 2.05) is 0 Å². The first-order valence-electron chi connectivity index (χ1n) is 8.00. The standard InChI is InChI=1S/C16H18ClFN2O5S/c17-9-4-6-26-14(9)16(25)20-5-2-1-3-11(20)15(24)19-10(7-13(22)23)12(21)8-18/h4,6,10-11H,1-3,5,7-8H2,(H,19,24)(H,22,23)/t10?,11-/m0/s1. The maximum atomic E-state index is 12.7. The Bertz CT molecular complexity index is 711. The molecular formula is C16H18ClFN2O5S. The number of hydrogen-bond donors (Lipinski definition) is 2. The number of likely N-dealkylation sites (tertiary alicyclic amines) is 1. The third-order valence-electron chi connectivity index (χ3n) is 4.09. The van der Waals surface area contributed by atoms with Crippen molar-refractivity contribution in [3.05, 3.63) is 21.3 Å². The molecule has 2 N–H and O–H groups in total. The normalized spacial score (nSPS) is 18.2. The number of nitrogens with zero attached hydrogens (tertiary/aromatic N) is 1. The van der Waals surface area contributed by atoms with Gasteiger partial charge in [-0.05, 0) is 30.7 Å². The summed E-state index contributed by atoms with van der Waals surface area (Å²) in [5, 5.41) is 13.1. The molecule has 10 heteroatoms. The van der Waals surface area contributed by atoms with Crippen LogP contribution in [0, 0.1) is 0 Å². The molecule has 0 spiro atoms. The van der Waals surface area contributed by atoms with Gasteiger partial charge in [0.25, 0.3) is 5.91 Å². The van der Waals surface area contributed by atoms with Crippen LogP contribution in [0.5, 0.6) is 0 Å². The van der Waals surface area contributed by atoms with Crippen molar-refractivity contribution < 1.29 is 28.7 Å². The van der Waals surface area contributed by atoms with Crippen LogP contribution < -0.4 is 5.32 Å².